The summed E-state index contributed by atoms with van der Waals surface area (Å²) >= 11 is 1.68. The molecule has 0 radical (unpaired) electrons. The Hall–Kier alpha value is -0.690. The zero-order chi connectivity index (χ0) is 12.8. The number of piperazine rings is 1. The summed E-state index contributed by atoms with van der Waals surface area (Å²) in [5, 5.41) is 12.9. The standard InChI is InChI=1S/C12H21N3O2S/c1-2-17-10-11(16)9-14-4-6-15(7-5-14)12-13-3-8-18-12/h3,8,11,16H,2,4-7,9-10H2,1H3. The molecule has 0 aliphatic carbocycles. The molecule has 0 aromatic carbocycles. The third kappa shape index (κ3) is 3.91. The maximum Gasteiger partial charge on any atom is 0.185 e. The van der Waals surface area contributed by atoms with E-state index in [9.17, 15) is 5.11 Å². The third-order valence-corrected chi connectivity index (χ3v) is 3.88. The van der Waals surface area contributed by atoms with Gasteiger partial charge in [0.25, 0.3) is 0 Å². The number of anilines is 1. The van der Waals surface area contributed by atoms with E-state index < -0.39 is 0 Å². The highest BCUT2D eigenvalue weighted by molar-refractivity contribution is 7.13. The fraction of sp³-hybridized carbons (Fsp3) is 0.750. The second-order valence-corrected chi connectivity index (χ2v) is 5.29. The smallest absolute Gasteiger partial charge is 0.185 e. The number of hydrogen-bond acceptors (Lipinski definition) is 6. The Labute approximate surface area is 112 Å². The van der Waals surface area contributed by atoms with Crippen LogP contribution in [0.3, 0.4) is 0 Å². The Morgan fingerprint density at radius 1 is 1.44 bits per heavy atom. The Morgan fingerprint density at radius 3 is 2.83 bits per heavy atom. The molecule has 5 nitrogen and oxygen atoms in total. The van der Waals surface area contributed by atoms with Crippen molar-refractivity contribution < 1.29 is 9.84 Å². The number of aromatic nitrogens is 1. The molecule has 2 heterocycles. The van der Waals surface area contributed by atoms with E-state index in [1.807, 2.05) is 18.5 Å². The average molecular weight is 271 g/mol. The normalized spacial score (nSPS) is 19.1. The maximum atomic E-state index is 9.79. The van der Waals surface area contributed by atoms with Crippen LogP contribution in [-0.4, -0.2) is 67.0 Å². The van der Waals surface area contributed by atoms with Crippen molar-refractivity contribution in [1.82, 2.24) is 9.88 Å². The average Bonchev–Trinajstić information content (AvgIpc) is 2.91. The van der Waals surface area contributed by atoms with Crippen LogP contribution in [0.25, 0.3) is 0 Å². The van der Waals surface area contributed by atoms with Crippen LogP contribution in [0.1, 0.15) is 6.92 Å². The summed E-state index contributed by atoms with van der Waals surface area (Å²) in [5.74, 6) is 0. The SMILES string of the molecule is CCOCC(O)CN1CCN(c2nccs2)CC1. The molecule has 1 unspecified atom stereocenters. The second kappa shape index (κ2) is 7.04. The van der Waals surface area contributed by atoms with Gasteiger partial charge in [0.15, 0.2) is 5.13 Å². The van der Waals surface area contributed by atoms with Crippen LogP contribution in [0.2, 0.25) is 0 Å². The molecule has 102 valence electrons. The van der Waals surface area contributed by atoms with Crippen LogP contribution in [0.15, 0.2) is 11.6 Å². The zero-order valence-electron chi connectivity index (χ0n) is 10.8. The summed E-state index contributed by atoms with van der Waals surface area (Å²) in [5.41, 5.74) is 0. The Balaban J connectivity index is 1.70. The van der Waals surface area contributed by atoms with Crippen molar-refractivity contribution >= 4 is 16.5 Å². The van der Waals surface area contributed by atoms with E-state index in [1.165, 1.54) is 0 Å². The topological polar surface area (TPSA) is 48.8 Å². The molecule has 18 heavy (non-hydrogen) atoms. The van der Waals surface area contributed by atoms with Gasteiger partial charge in [0.05, 0.1) is 12.7 Å². The number of β-amino-alcohol motifs (C(OH)–C–C–N with tert-alkyl or cyclic N) is 1. The van der Waals surface area contributed by atoms with Gasteiger partial charge >= 0.3 is 0 Å². The number of aliphatic hydroxyl groups excluding tert-OH is 1. The number of rotatable bonds is 6. The predicted molar refractivity (Wildman–Crippen MR) is 73.3 cm³/mol. The maximum absolute atomic E-state index is 9.79. The molecule has 6 heteroatoms. The minimum absolute atomic E-state index is 0.378. The third-order valence-electron chi connectivity index (χ3n) is 3.05. The Kier molecular flexibility index (Phi) is 5.37. The lowest BCUT2D eigenvalue weighted by atomic mass is 10.3. The van der Waals surface area contributed by atoms with Crippen LogP contribution in [-0.2, 0) is 4.74 Å². The second-order valence-electron chi connectivity index (χ2n) is 4.42. The van der Waals surface area contributed by atoms with E-state index in [4.69, 9.17) is 4.74 Å². The van der Waals surface area contributed by atoms with Crippen LogP contribution in [0.5, 0.6) is 0 Å². The Morgan fingerprint density at radius 2 is 2.22 bits per heavy atom. The van der Waals surface area contributed by atoms with Gasteiger partial charge in [-0.05, 0) is 6.92 Å². The van der Waals surface area contributed by atoms with E-state index in [0.29, 0.717) is 19.8 Å². The summed E-state index contributed by atoms with van der Waals surface area (Å²) in [7, 11) is 0. The predicted octanol–water partition coefficient (Wildman–Crippen LogP) is 0.662. The highest BCUT2D eigenvalue weighted by Gasteiger charge is 2.20. The molecule has 1 N–H and O–H groups in total. The number of ether oxygens (including phenoxy) is 1. The van der Waals surface area contributed by atoms with E-state index in [0.717, 1.165) is 31.3 Å². The van der Waals surface area contributed by atoms with Gasteiger partial charge in [0, 0.05) is 50.9 Å². The molecule has 1 fully saturated rings. The van der Waals surface area contributed by atoms with Crippen molar-refractivity contribution in [2.75, 3.05) is 50.8 Å². The number of thiazole rings is 1. The minimum atomic E-state index is -0.378. The van der Waals surface area contributed by atoms with Crippen molar-refractivity contribution in [1.29, 1.82) is 0 Å². The molecule has 0 saturated carbocycles. The first kappa shape index (κ1) is 13.7. The first-order valence-corrected chi connectivity index (χ1v) is 7.30. The molecule has 1 aliphatic rings. The molecule has 0 amide bonds. The van der Waals surface area contributed by atoms with Crippen LogP contribution < -0.4 is 4.90 Å². The summed E-state index contributed by atoms with van der Waals surface area (Å²) < 4.78 is 5.22. The monoisotopic (exact) mass is 271 g/mol. The fourth-order valence-electron chi connectivity index (χ4n) is 2.10. The van der Waals surface area contributed by atoms with Crippen molar-refractivity contribution in [3.63, 3.8) is 0 Å². The molecule has 1 saturated heterocycles. The van der Waals surface area contributed by atoms with Crippen molar-refractivity contribution in [3.05, 3.63) is 11.6 Å². The van der Waals surface area contributed by atoms with Crippen molar-refractivity contribution in [2.45, 2.75) is 13.0 Å². The summed E-state index contributed by atoms with van der Waals surface area (Å²) in [6.07, 6.45) is 1.47. The van der Waals surface area contributed by atoms with Crippen molar-refractivity contribution in [3.8, 4) is 0 Å². The van der Waals surface area contributed by atoms with Gasteiger partial charge in [-0.3, -0.25) is 4.90 Å². The lowest BCUT2D eigenvalue weighted by Crippen LogP contribution is -2.49. The number of aliphatic hydroxyl groups is 1. The largest absolute Gasteiger partial charge is 0.389 e. The highest BCUT2D eigenvalue weighted by Crippen LogP contribution is 2.18. The first-order valence-electron chi connectivity index (χ1n) is 6.42. The summed E-state index contributed by atoms with van der Waals surface area (Å²) in [6, 6.07) is 0. The van der Waals surface area contributed by atoms with Gasteiger partial charge in [0.1, 0.15) is 0 Å². The molecule has 2 rings (SSSR count). The molecule has 1 aliphatic heterocycles. The number of hydrogen-bond donors (Lipinski definition) is 1. The Bertz CT molecular complexity index is 326. The van der Waals surface area contributed by atoms with Gasteiger partial charge in [-0.2, -0.15) is 0 Å². The van der Waals surface area contributed by atoms with Crippen molar-refractivity contribution in [2.24, 2.45) is 0 Å². The van der Waals surface area contributed by atoms with Crippen LogP contribution >= 0.6 is 11.3 Å². The fourth-order valence-corrected chi connectivity index (χ4v) is 2.80. The van der Waals surface area contributed by atoms with Gasteiger partial charge in [-0.15, -0.1) is 11.3 Å². The molecule has 1 aromatic rings. The van der Waals surface area contributed by atoms with E-state index >= 15 is 0 Å². The molecular formula is C12H21N3O2S. The van der Waals surface area contributed by atoms with E-state index in [-0.39, 0.29) is 6.10 Å². The molecule has 0 bridgehead atoms. The van der Waals surface area contributed by atoms with E-state index in [1.54, 1.807) is 11.3 Å². The molecule has 0 spiro atoms. The lowest BCUT2D eigenvalue weighted by molar-refractivity contribution is 0.0202. The lowest BCUT2D eigenvalue weighted by Gasteiger charge is -2.35. The van der Waals surface area contributed by atoms with Gasteiger partial charge in [-0.1, -0.05) is 0 Å². The molecule has 1 atom stereocenters. The van der Waals surface area contributed by atoms with Crippen LogP contribution in [0.4, 0.5) is 5.13 Å². The molecular weight excluding hydrogens is 250 g/mol. The zero-order valence-corrected chi connectivity index (χ0v) is 11.6. The minimum Gasteiger partial charge on any atom is -0.389 e. The molecule has 1 aromatic heterocycles. The van der Waals surface area contributed by atoms with E-state index in [2.05, 4.69) is 14.8 Å². The number of nitrogens with zero attached hydrogens (tertiary/aromatic N) is 3. The van der Waals surface area contributed by atoms with Gasteiger partial charge < -0.3 is 14.7 Å². The summed E-state index contributed by atoms with van der Waals surface area (Å²) in [4.78, 5) is 8.91. The first-order chi connectivity index (χ1) is 8.79. The highest BCUT2D eigenvalue weighted by atomic mass is 32.1. The van der Waals surface area contributed by atoms with Gasteiger partial charge in [-0.25, -0.2) is 4.98 Å². The summed E-state index contributed by atoms with van der Waals surface area (Å²) in [6.45, 7) is 7.65. The quantitative estimate of drug-likeness (QED) is 0.824. The van der Waals surface area contributed by atoms with Gasteiger partial charge in [0.2, 0.25) is 0 Å². The van der Waals surface area contributed by atoms with Crippen LogP contribution in [0, 0.1) is 0 Å².